The van der Waals surface area contributed by atoms with Crippen LogP contribution in [0.1, 0.15) is 19.8 Å². The second-order valence-electron chi connectivity index (χ2n) is 4.07. The van der Waals surface area contributed by atoms with Gasteiger partial charge in [-0.15, -0.1) is 0 Å². The van der Waals surface area contributed by atoms with Crippen LogP contribution in [0.15, 0.2) is 0 Å². The molecule has 5 heteroatoms. The molecule has 1 fully saturated rings. The summed E-state index contributed by atoms with van der Waals surface area (Å²) in [5.74, 6) is 0.410. The number of hydrogen-bond donors (Lipinski definition) is 2. The maximum Gasteiger partial charge on any atom is 0.319 e. The van der Waals surface area contributed by atoms with Gasteiger partial charge in [0.25, 0.3) is 0 Å². The molecule has 1 atom stereocenters. The topological polar surface area (TPSA) is 67.8 Å². The van der Waals surface area contributed by atoms with Crippen LogP contribution in [-0.4, -0.2) is 50.1 Å². The zero-order chi connectivity index (χ0) is 11.8. The van der Waals surface area contributed by atoms with Gasteiger partial charge in [0.1, 0.15) is 0 Å². The van der Waals surface area contributed by atoms with Gasteiger partial charge in [0, 0.05) is 13.2 Å². The van der Waals surface area contributed by atoms with E-state index in [4.69, 9.17) is 9.47 Å². The average Bonchev–Trinajstić information content (AvgIpc) is 3.02. The zero-order valence-corrected chi connectivity index (χ0v) is 9.78. The normalized spacial score (nSPS) is 17.1. The molecule has 0 amide bonds. The summed E-state index contributed by atoms with van der Waals surface area (Å²) in [6, 6.07) is 0. The smallest absolute Gasteiger partial charge is 0.319 e. The van der Waals surface area contributed by atoms with Crippen LogP contribution in [0.3, 0.4) is 0 Å². The fraction of sp³-hybridized carbons (Fsp3) is 0.909. The minimum atomic E-state index is -0.562. The maximum absolute atomic E-state index is 10.9. The zero-order valence-electron chi connectivity index (χ0n) is 9.78. The molecule has 1 aliphatic carbocycles. The lowest BCUT2D eigenvalue weighted by Gasteiger charge is -2.11. The van der Waals surface area contributed by atoms with E-state index in [9.17, 15) is 9.90 Å². The van der Waals surface area contributed by atoms with Crippen molar-refractivity contribution in [2.24, 2.45) is 5.92 Å². The van der Waals surface area contributed by atoms with Gasteiger partial charge >= 0.3 is 5.97 Å². The van der Waals surface area contributed by atoms with Gasteiger partial charge in [-0.3, -0.25) is 4.79 Å². The van der Waals surface area contributed by atoms with Crippen LogP contribution in [0.2, 0.25) is 0 Å². The Morgan fingerprint density at radius 3 is 2.94 bits per heavy atom. The van der Waals surface area contributed by atoms with Gasteiger partial charge in [0.05, 0.1) is 25.9 Å². The van der Waals surface area contributed by atoms with Gasteiger partial charge in [-0.05, 0) is 25.7 Å². The van der Waals surface area contributed by atoms with Crippen molar-refractivity contribution in [3.8, 4) is 0 Å². The summed E-state index contributed by atoms with van der Waals surface area (Å²) in [6.45, 7) is 3.70. The standard InChI is InChI=1S/C11H21NO4/c1-2-16-11(14)6-12-5-10(13)8-15-7-9-3-4-9/h9-10,12-13H,2-8H2,1H3. The van der Waals surface area contributed by atoms with Crippen molar-refractivity contribution in [3.63, 3.8) is 0 Å². The highest BCUT2D eigenvalue weighted by molar-refractivity contribution is 5.71. The third-order valence-electron chi connectivity index (χ3n) is 2.32. The Kier molecular flexibility index (Phi) is 6.37. The molecule has 2 N–H and O–H groups in total. The second-order valence-corrected chi connectivity index (χ2v) is 4.07. The Morgan fingerprint density at radius 2 is 2.31 bits per heavy atom. The van der Waals surface area contributed by atoms with Crippen LogP contribution in [0, 0.1) is 5.92 Å². The average molecular weight is 231 g/mol. The Bertz CT molecular complexity index is 206. The number of aliphatic hydroxyl groups is 1. The Labute approximate surface area is 96.1 Å². The molecule has 1 aliphatic rings. The van der Waals surface area contributed by atoms with E-state index in [0.717, 1.165) is 6.61 Å². The third kappa shape index (κ3) is 6.76. The highest BCUT2D eigenvalue weighted by Crippen LogP contribution is 2.28. The molecule has 1 rings (SSSR count). The number of hydrogen-bond acceptors (Lipinski definition) is 5. The first kappa shape index (κ1) is 13.4. The van der Waals surface area contributed by atoms with Crippen LogP contribution in [-0.2, 0) is 14.3 Å². The van der Waals surface area contributed by atoms with Crippen LogP contribution in [0.4, 0.5) is 0 Å². The third-order valence-corrected chi connectivity index (χ3v) is 2.32. The molecule has 1 unspecified atom stereocenters. The minimum absolute atomic E-state index is 0.132. The Hall–Kier alpha value is -0.650. The number of nitrogens with one attached hydrogen (secondary N) is 1. The van der Waals surface area contributed by atoms with E-state index in [1.54, 1.807) is 6.92 Å². The first-order valence-electron chi connectivity index (χ1n) is 5.84. The van der Waals surface area contributed by atoms with E-state index < -0.39 is 6.10 Å². The van der Waals surface area contributed by atoms with E-state index in [-0.39, 0.29) is 12.5 Å². The lowest BCUT2D eigenvalue weighted by atomic mass is 10.3. The predicted molar refractivity (Wildman–Crippen MR) is 59.1 cm³/mol. The monoisotopic (exact) mass is 231 g/mol. The molecule has 1 saturated carbocycles. The van der Waals surface area contributed by atoms with E-state index in [0.29, 0.717) is 25.7 Å². The summed E-state index contributed by atoms with van der Waals surface area (Å²) in [5, 5.41) is 12.3. The fourth-order valence-corrected chi connectivity index (χ4v) is 1.27. The van der Waals surface area contributed by atoms with Gasteiger partial charge in [0.2, 0.25) is 0 Å². The van der Waals surface area contributed by atoms with Crippen molar-refractivity contribution in [2.45, 2.75) is 25.9 Å². The molecule has 0 saturated heterocycles. The van der Waals surface area contributed by atoms with Gasteiger partial charge in [-0.2, -0.15) is 0 Å². The number of ether oxygens (including phenoxy) is 2. The number of carbonyl (C=O) groups excluding carboxylic acids is 1. The largest absolute Gasteiger partial charge is 0.465 e. The summed E-state index contributed by atoms with van der Waals surface area (Å²) >= 11 is 0. The molecule has 0 bridgehead atoms. The molecule has 0 radical (unpaired) electrons. The van der Waals surface area contributed by atoms with Gasteiger partial charge in [0.15, 0.2) is 0 Å². The summed E-state index contributed by atoms with van der Waals surface area (Å²) in [5.41, 5.74) is 0. The van der Waals surface area contributed by atoms with Crippen LogP contribution >= 0.6 is 0 Å². The van der Waals surface area contributed by atoms with E-state index >= 15 is 0 Å². The van der Waals surface area contributed by atoms with Gasteiger partial charge < -0.3 is 19.9 Å². The molecule has 94 valence electrons. The lowest BCUT2D eigenvalue weighted by Crippen LogP contribution is -2.34. The van der Waals surface area contributed by atoms with Crippen LogP contribution in [0.5, 0.6) is 0 Å². The lowest BCUT2D eigenvalue weighted by molar-refractivity contribution is -0.142. The fourth-order valence-electron chi connectivity index (χ4n) is 1.27. The van der Waals surface area contributed by atoms with Crippen molar-refractivity contribution in [1.82, 2.24) is 5.32 Å². The highest BCUT2D eigenvalue weighted by atomic mass is 16.5. The quantitative estimate of drug-likeness (QED) is 0.544. The molecule has 0 aromatic rings. The molecule has 0 spiro atoms. The van der Waals surface area contributed by atoms with E-state index in [2.05, 4.69) is 5.32 Å². The van der Waals surface area contributed by atoms with Crippen molar-refractivity contribution in [1.29, 1.82) is 0 Å². The molecule has 5 nitrogen and oxygen atoms in total. The Balaban J connectivity index is 1.88. The maximum atomic E-state index is 10.9. The van der Waals surface area contributed by atoms with Crippen LogP contribution < -0.4 is 5.32 Å². The predicted octanol–water partition coefficient (Wildman–Crippen LogP) is -0.0734. The molecular formula is C11H21NO4. The van der Waals surface area contributed by atoms with Gasteiger partial charge in [-0.1, -0.05) is 0 Å². The second kappa shape index (κ2) is 7.60. The first-order valence-corrected chi connectivity index (χ1v) is 5.84. The minimum Gasteiger partial charge on any atom is -0.465 e. The molecule has 0 aromatic carbocycles. The molecule has 16 heavy (non-hydrogen) atoms. The van der Waals surface area contributed by atoms with Crippen molar-refractivity contribution < 1.29 is 19.4 Å². The number of aliphatic hydroxyl groups excluding tert-OH is 1. The summed E-state index contributed by atoms with van der Waals surface area (Å²) in [7, 11) is 0. The van der Waals surface area contributed by atoms with E-state index in [1.807, 2.05) is 0 Å². The molecule has 0 aliphatic heterocycles. The summed E-state index contributed by atoms with van der Waals surface area (Å²) in [4.78, 5) is 10.9. The first-order chi connectivity index (χ1) is 7.72. The highest BCUT2D eigenvalue weighted by Gasteiger charge is 2.21. The molecule has 0 heterocycles. The number of esters is 1. The Morgan fingerprint density at radius 1 is 1.56 bits per heavy atom. The van der Waals surface area contributed by atoms with Crippen LogP contribution in [0.25, 0.3) is 0 Å². The van der Waals surface area contributed by atoms with Crippen molar-refractivity contribution in [2.75, 3.05) is 32.9 Å². The molecule has 0 aromatic heterocycles. The van der Waals surface area contributed by atoms with Crippen molar-refractivity contribution >= 4 is 5.97 Å². The number of carbonyl (C=O) groups is 1. The van der Waals surface area contributed by atoms with Crippen molar-refractivity contribution in [3.05, 3.63) is 0 Å². The summed E-state index contributed by atoms with van der Waals surface area (Å²) in [6.07, 6.45) is 1.93. The summed E-state index contributed by atoms with van der Waals surface area (Å²) < 4.78 is 10.0. The number of rotatable bonds is 9. The van der Waals surface area contributed by atoms with Gasteiger partial charge in [-0.25, -0.2) is 0 Å². The molecular weight excluding hydrogens is 210 g/mol. The SMILES string of the molecule is CCOC(=O)CNCC(O)COCC1CC1. The van der Waals surface area contributed by atoms with E-state index in [1.165, 1.54) is 12.8 Å².